The summed E-state index contributed by atoms with van der Waals surface area (Å²) in [6.07, 6.45) is 0. The molecule has 0 aromatic carbocycles. The van der Waals surface area contributed by atoms with Gasteiger partial charge in [-0.3, -0.25) is 4.52 Å². The first-order valence-corrected chi connectivity index (χ1v) is 5.45. The number of phosphoric acid groups is 1. The van der Waals surface area contributed by atoms with Crippen LogP contribution in [-0.4, -0.2) is 14.8 Å². The zero-order valence-corrected chi connectivity index (χ0v) is 9.09. The fourth-order valence-corrected chi connectivity index (χ4v) is 1.49. The number of hydrogen-bond donors (Lipinski definition) is 2. The van der Waals surface area contributed by atoms with Gasteiger partial charge in [0, 0.05) is 0 Å². The van der Waals surface area contributed by atoms with Crippen molar-refractivity contribution in [3.05, 3.63) is 0 Å². The molecular weight excluding hydrogens is 235 g/mol. The highest BCUT2D eigenvalue weighted by Gasteiger charge is 2.29. The number of halogens is 1. The van der Waals surface area contributed by atoms with Crippen molar-refractivity contribution in [3.63, 3.8) is 0 Å². The number of phosphoric ester groups is 1. The third kappa shape index (κ3) is 5.82. The summed E-state index contributed by atoms with van der Waals surface area (Å²) >= 11 is 3.02. The van der Waals surface area contributed by atoms with Crippen LogP contribution in [-0.2, 0) is 9.09 Å². The SMILES string of the molecule is CC(C)(C)C(Br)OP(=O)(O)O. The molecule has 0 bridgehead atoms. The van der Waals surface area contributed by atoms with E-state index in [1.54, 1.807) is 0 Å². The van der Waals surface area contributed by atoms with Gasteiger partial charge >= 0.3 is 7.82 Å². The molecule has 0 aliphatic rings. The van der Waals surface area contributed by atoms with Gasteiger partial charge < -0.3 is 9.79 Å². The van der Waals surface area contributed by atoms with E-state index in [1.807, 2.05) is 20.8 Å². The summed E-state index contributed by atoms with van der Waals surface area (Å²) < 4.78 is 14.7. The van der Waals surface area contributed by atoms with Crippen LogP contribution in [0.3, 0.4) is 0 Å². The lowest BCUT2D eigenvalue weighted by atomic mass is 9.99. The maximum atomic E-state index is 10.3. The van der Waals surface area contributed by atoms with Gasteiger partial charge in [0.1, 0.15) is 5.01 Å². The standard InChI is InChI=1S/C5H12BrO4P/c1-5(2,3)4(6)10-11(7,8)9/h4H,1-3H3,(H2,7,8,9). The molecular formula is C5H12BrO4P. The third-order valence-electron chi connectivity index (χ3n) is 0.911. The van der Waals surface area contributed by atoms with Crippen LogP contribution < -0.4 is 0 Å². The minimum atomic E-state index is -4.37. The quantitative estimate of drug-likeness (QED) is 0.577. The van der Waals surface area contributed by atoms with E-state index in [0.29, 0.717) is 0 Å². The van der Waals surface area contributed by atoms with Crippen molar-refractivity contribution in [1.82, 2.24) is 0 Å². The normalized spacial score (nSPS) is 16.5. The van der Waals surface area contributed by atoms with Crippen LogP contribution in [0.5, 0.6) is 0 Å². The summed E-state index contributed by atoms with van der Waals surface area (Å²) in [6, 6.07) is 0. The first-order chi connectivity index (χ1) is 4.63. The molecule has 6 heteroatoms. The number of alkyl halides is 1. The Hall–Kier alpha value is 0.590. The average Bonchev–Trinajstić information content (AvgIpc) is 1.56. The molecule has 68 valence electrons. The van der Waals surface area contributed by atoms with Crippen LogP contribution in [0.4, 0.5) is 0 Å². The second-order valence-corrected chi connectivity index (χ2v) is 5.30. The Balaban J connectivity index is 4.10. The van der Waals surface area contributed by atoms with Crippen molar-refractivity contribution in [2.24, 2.45) is 5.41 Å². The van der Waals surface area contributed by atoms with Crippen molar-refractivity contribution in [3.8, 4) is 0 Å². The largest absolute Gasteiger partial charge is 0.470 e. The van der Waals surface area contributed by atoms with Gasteiger partial charge in [-0.1, -0.05) is 36.7 Å². The van der Waals surface area contributed by atoms with Gasteiger partial charge in [-0.15, -0.1) is 0 Å². The summed E-state index contributed by atoms with van der Waals surface area (Å²) in [5.41, 5.74) is -0.332. The maximum Gasteiger partial charge on any atom is 0.470 e. The highest BCUT2D eigenvalue weighted by molar-refractivity contribution is 9.09. The highest BCUT2D eigenvalue weighted by atomic mass is 79.9. The molecule has 0 heterocycles. The Kier molecular flexibility index (Phi) is 3.73. The number of rotatable bonds is 2. The smallest absolute Gasteiger partial charge is 0.303 e. The molecule has 0 fully saturated rings. The average molecular weight is 247 g/mol. The molecule has 0 aromatic heterocycles. The van der Waals surface area contributed by atoms with Gasteiger partial charge in [0.2, 0.25) is 0 Å². The monoisotopic (exact) mass is 246 g/mol. The summed E-state index contributed by atoms with van der Waals surface area (Å²) in [6.45, 7) is 5.42. The molecule has 0 saturated carbocycles. The van der Waals surface area contributed by atoms with Gasteiger partial charge in [0.05, 0.1) is 0 Å². The van der Waals surface area contributed by atoms with Crippen molar-refractivity contribution in [2.45, 2.75) is 25.8 Å². The van der Waals surface area contributed by atoms with E-state index in [2.05, 4.69) is 20.5 Å². The minimum Gasteiger partial charge on any atom is -0.303 e. The predicted molar refractivity (Wildman–Crippen MR) is 45.3 cm³/mol. The van der Waals surface area contributed by atoms with E-state index in [0.717, 1.165) is 0 Å². The van der Waals surface area contributed by atoms with Crippen LogP contribution in [0.1, 0.15) is 20.8 Å². The fraction of sp³-hybridized carbons (Fsp3) is 1.00. The van der Waals surface area contributed by atoms with E-state index in [-0.39, 0.29) is 5.41 Å². The predicted octanol–water partition coefficient (Wildman–Crippen LogP) is 1.86. The molecule has 11 heavy (non-hydrogen) atoms. The molecule has 4 nitrogen and oxygen atoms in total. The summed E-state index contributed by atoms with van der Waals surface area (Å²) in [5, 5.41) is -0.643. The van der Waals surface area contributed by atoms with Gasteiger partial charge in [-0.25, -0.2) is 4.57 Å². The number of hydrogen-bond acceptors (Lipinski definition) is 2. The van der Waals surface area contributed by atoms with E-state index in [9.17, 15) is 4.57 Å². The lowest BCUT2D eigenvalue weighted by molar-refractivity contribution is 0.119. The Morgan fingerprint density at radius 1 is 1.45 bits per heavy atom. The molecule has 0 radical (unpaired) electrons. The van der Waals surface area contributed by atoms with Gasteiger partial charge in [0.25, 0.3) is 0 Å². The van der Waals surface area contributed by atoms with Crippen molar-refractivity contribution < 1.29 is 18.9 Å². The van der Waals surface area contributed by atoms with E-state index in [4.69, 9.17) is 9.79 Å². The van der Waals surface area contributed by atoms with Crippen LogP contribution >= 0.6 is 23.8 Å². The highest BCUT2D eigenvalue weighted by Crippen LogP contribution is 2.43. The second kappa shape index (κ2) is 3.54. The lowest BCUT2D eigenvalue weighted by Crippen LogP contribution is -2.22. The summed E-state index contributed by atoms with van der Waals surface area (Å²) in [4.78, 5) is 16.8. The molecule has 1 atom stereocenters. The molecule has 1 unspecified atom stereocenters. The fourth-order valence-electron chi connectivity index (χ4n) is 0.279. The first-order valence-electron chi connectivity index (χ1n) is 3.01. The molecule has 0 rings (SSSR count). The van der Waals surface area contributed by atoms with E-state index < -0.39 is 12.8 Å². The van der Waals surface area contributed by atoms with Crippen LogP contribution in [0.25, 0.3) is 0 Å². The van der Waals surface area contributed by atoms with Gasteiger partial charge in [-0.2, -0.15) is 0 Å². The Morgan fingerprint density at radius 3 is 1.91 bits per heavy atom. The topological polar surface area (TPSA) is 66.8 Å². The molecule has 2 N–H and O–H groups in total. The molecule has 0 spiro atoms. The van der Waals surface area contributed by atoms with Crippen LogP contribution in [0.15, 0.2) is 0 Å². The van der Waals surface area contributed by atoms with E-state index in [1.165, 1.54) is 0 Å². The second-order valence-electron chi connectivity index (χ2n) is 3.28. The molecule has 0 saturated heterocycles. The maximum absolute atomic E-state index is 10.3. The molecule has 0 amide bonds. The zero-order valence-electron chi connectivity index (χ0n) is 6.61. The summed E-state index contributed by atoms with van der Waals surface area (Å²) in [7, 11) is -4.37. The van der Waals surface area contributed by atoms with Crippen molar-refractivity contribution >= 4 is 23.8 Å². The van der Waals surface area contributed by atoms with Crippen molar-refractivity contribution in [1.29, 1.82) is 0 Å². The van der Waals surface area contributed by atoms with Crippen LogP contribution in [0.2, 0.25) is 0 Å². The Bertz CT molecular complexity index is 170. The minimum absolute atomic E-state index is 0.332. The third-order valence-corrected chi connectivity index (χ3v) is 3.25. The van der Waals surface area contributed by atoms with Gasteiger partial charge in [-0.05, 0) is 5.41 Å². The Morgan fingerprint density at radius 2 is 1.82 bits per heavy atom. The molecule has 0 aliphatic heterocycles. The molecule has 0 aromatic rings. The van der Waals surface area contributed by atoms with Crippen LogP contribution in [0, 0.1) is 5.41 Å². The van der Waals surface area contributed by atoms with Crippen molar-refractivity contribution in [2.75, 3.05) is 0 Å². The Labute approximate surface area is 74.3 Å². The first kappa shape index (κ1) is 11.6. The van der Waals surface area contributed by atoms with E-state index >= 15 is 0 Å². The van der Waals surface area contributed by atoms with Gasteiger partial charge in [0.15, 0.2) is 0 Å². The zero-order chi connectivity index (χ0) is 9.28. The molecule has 0 aliphatic carbocycles. The summed E-state index contributed by atoms with van der Waals surface area (Å²) in [5.74, 6) is 0. The lowest BCUT2D eigenvalue weighted by Gasteiger charge is -2.25.